The van der Waals surface area contributed by atoms with Gasteiger partial charge in [0.25, 0.3) is 5.91 Å². The smallest absolute Gasteiger partial charge is 0.292 e. The average Bonchev–Trinajstić information content (AvgIpc) is 3.06. The molecular weight excluding hydrogens is 306 g/mol. The first-order valence-electron chi connectivity index (χ1n) is 8.30. The fraction of sp³-hybridized carbons (Fsp3) is 0.500. The second-order valence-electron chi connectivity index (χ2n) is 6.82. The topological polar surface area (TPSA) is 79.5 Å². The Morgan fingerprint density at radius 3 is 2.58 bits per heavy atom. The summed E-state index contributed by atoms with van der Waals surface area (Å²) in [6.45, 7) is 6.89. The number of piperidine rings is 1. The minimum atomic E-state index is -0.977. The van der Waals surface area contributed by atoms with E-state index in [1.807, 2.05) is 32.9 Å². The Balaban J connectivity index is 1.67. The quantitative estimate of drug-likeness (QED) is 0.936. The van der Waals surface area contributed by atoms with Crippen LogP contribution in [0, 0.1) is 6.92 Å². The summed E-state index contributed by atoms with van der Waals surface area (Å²) in [5.41, 5.74) is 1.52. The van der Waals surface area contributed by atoms with Crippen molar-refractivity contribution >= 4 is 5.91 Å². The van der Waals surface area contributed by atoms with Crippen LogP contribution in [0.1, 0.15) is 60.1 Å². The summed E-state index contributed by atoms with van der Waals surface area (Å²) in [7, 11) is 0. The zero-order valence-corrected chi connectivity index (χ0v) is 14.3. The van der Waals surface area contributed by atoms with Gasteiger partial charge in [-0.05, 0) is 37.3 Å². The van der Waals surface area contributed by atoms with Crippen molar-refractivity contribution in [3.63, 3.8) is 0 Å². The molecule has 1 amide bonds. The van der Waals surface area contributed by atoms with Crippen molar-refractivity contribution in [1.82, 2.24) is 15.0 Å². The van der Waals surface area contributed by atoms with Gasteiger partial charge in [0.05, 0.1) is 11.4 Å². The van der Waals surface area contributed by atoms with Crippen LogP contribution in [-0.2, 0) is 5.60 Å². The van der Waals surface area contributed by atoms with Crippen molar-refractivity contribution in [3.8, 4) is 0 Å². The minimum absolute atomic E-state index is 0.173. The number of aryl methyl sites for hydroxylation is 1. The summed E-state index contributed by atoms with van der Waals surface area (Å²) >= 11 is 0. The van der Waals surface area contributed by atoms with Gasteiger partial charge in [0.1, 0.15) is 5.60 Å². The van der Waals surface area contributed by atoms with E-state index in [9.17, 15) is 9.90 Å². The van der Waals surface area contributed by atoms with Gasteiger partial charge in [0, 0.05) is 25.4 Å². The van der Waals surface area contributed by atoms with E-state index in [1.165, 1.54) is 0 Å². The largest absolute Gasteiger partial charge is 0.383 e. The monoisotopic (exact) mass is 329 g/mol. The molecule has 0 atom stereocenters. The SMILES string of the molecule is Cc1ccc(C2(O)CCN(C(=O)c3cc(C(C)C)no3)CC2)nc1. The molecule has 2 aromatic heterocycles. The fourth-order valence-electron chi connectivity index (χ4n) is 2.90. The fourth-order valence-corrected chi connectivity index (χ4v) is 2.90. The molecule has 0 bridgehead atoms. The van der Waals surface area contributed by atoms with Crippen molar-refractivity contribution in [3.05, 3.63) is 47.1 Å². The number of aliphatic hydroxyl groups is 1. The van der Waals surface area contributed by atoms with Crippen LogP contribution in [0.5, 0.6) is 0 Å². The first-order valence-corrected chi connectivity index (χ1v) is 8.30. The van der Waals surface area contributed by atoms with E-state index in [1.54, 1.807) is 17.2 Å². The van der Waals surface area contributed by atoms with Gasteiger partial charge >= 0.3 is 0 Å². The zero-order valence-electron chi connectivity index (χ0n) is 14.3. The molecule has 1 fully saturated rings. The summed E-state index contributed by atoms with van der Waals surface area (Å²) in [6.07, 6.45) is 2.67. The van der Waals surface area contributed by atoms with Crippen LogP contribution < -0.4 is 0 Å². The maximum absolute atomic E-state index is 12.5. The minimum Gasteiger partial charge on any atom is -0.383 e. The van der Waals surface area contributed by atoms with E-state index in [0.717, 1.165) is 11.3 Å². The number of nitrogens with zero attached hydrogens (tertiary/aromatic N) is 3. The average molecular weight is 329 g/mol. The Bertz CT molecular complexity index is 713. The lowest BCUT2D eigenvalue weighted by Gasteiger charge is -2.37. The number of aromatic nitrogens is 2. The molecule has 1 aliphatic heterocycles. The molecule has 1 aliphatic rings. The zero-order chi connectivity index (χ0) is 17.3. The molecule has 1 N–H and O–H groups in total. The molecule has 0 radical (unpaired) electrons. The highest BCUT2D eigenvalue weighted by Crippen LogP contribution is 2.32. The number of carbonyl (C=O) groups is 1. The Morgan fingerprint density at radius 2 is 2.04 bits per heavy atom. The Morgan fingerprint density at radius 1 is 1.33 bits per heavy atom. The maximum atomic E-state index is 12.5. The van der Waals surface area contributed by atoms with Gasteiger partial charge in [-0.2, -0.15) is 0 Å². The van der Waals surface area contributed by atoms with Crippen LogP contribution in [0.3, 0.4) is 0 Å². The number of hydrogen-bond acceptors (Lipinski definition) is 5. The van der Waals surface area contributed by atoms with Crippen molar-refractivity contribution in [2.24, 2.45) is 0 Å². The number of likely N-dealkylation sites (tertiary alicyclic amines) is 1. The summed E-state index contributed by atoms with van der Waals surface area (Å²) in [5, 5.41) is 14.8. The Labute approximate surface area is 141 Å². The van der Waals surface area contributed by atoms with Crippen molar-refractivity contribution in [1.29, 1.82) is 0 Å². The molecular formula is C18H23N3O3. The standard InChI is InChI=1S/C18H23N3O3/c1-12(2)14-10-15(24-20-14)17(22)21-8-6-18(23,7-9-21)16-5-4-13(3)11-19-16/h4-5,10-12,23H,6-9H2,1-3H3. The number of pyridine rings is 1. The second-order valence-corrected chi connectivity index (χ2v) is 6.82. The summed E-state index contributed by atoms with van der Waals surface area (Å²) in [5.74, 6) is 0.306. The molecule has 3 heterocycles. The van der Waals surface area contributed by atoms with Gasteiger partial charge in [-0.25, -0.2) is 0 Å². The highest BCUT2D eigenvalue weighted by Gasteiger charge is 2.37. The van der Waals surface area contributed by atoms with Gasteiger partial charge in [-0.1, -0.05) is 25.1 Å². The molecule has 128 valence electrons. The third-order valence-corrected chi connectivity index (χ3v) is 4.60. The van der Waals surface area contributed by atoms with Gasteiger partial charge in [0.2, 0.25) is 5.76 Å². The lowest BCUT2D eigenvalue weighted by molar-refractivity contribution is -0.0251. The van der Waals surface area contributed by atoms with E-state index >= 15 is 0 Å². The predicted octanol–water partition coefficient (Wildman–Crippen LogP) is 2.63. The Hall–Kier alpha value is -2.21. The van der Waals surface area contributed by atoms with E-state index in [-0.39, 0.29) is 17.6 Å². The molecule has 6 heteroatoms. The van der Waals surface area contributed by atoms with Gasteiger partial charge in [0.15, 0.2) is 0 Å². The molecule has 6 nitrogen and oxygen atoms in total. The summed E-state index contributed by atoms with van der Waals surface area (Å²) in [6, 6.07) is 5.51. The first kappa shape index (κ1) is 16.6. The second kappa shape index (κ2) is 6.36. The van der Waals surface area contributed by atoms with Gasteiger partial charge in [-0.15, -0.1) is 0 Å². The molecule has 0 aromatic carbocycles. The van der Waals surface area contributed by atoms with E-state index in [2.05, 4.69) is 10.1 Å². The highest BCUT2D eigenvalue weighted by atomic mass is 16.5. The van der Waals surface area contributed by atoms with E-state index < -0.39 is 5.60 Å². The first-order chi connectivity index (χ1) is 11.4. The van der Waals surface area contributed by atoms with E-state index in [4.69, 9.17) is 4.52 Å². The van der Waals surface area contributed by atoms with Crippen LogP contribution in [-0.4, -0.2) is 39.1 Å². The lowest BCUT2D eigenvalue weighted by Crippen LogP contribution is -2.45. The van der Waals surface area contributed by atoms with E-state index in [0.29, 0.717) is 31.6 Å². The van der Waals surface area contributed by atoms with Crippen molar-refractivity contribution in [2.45, 2.75) is 45.1 Å². The molecule has 0 spiro atoms. The van der Waals surface area contributed by atoms with Crippen LogP contribution in [0.4, 0.5) is 0 Å². The van der Waals surface area contributed by atoms with Crippen molar-refractivity contribution in [2.75, 3.05) is 13.1 Å². The van der Waals surface area contributed by atoms with Crippen LogP contribution >= 0.6 is 0 Å². The van der Waals surface area contributed by atoms with Crippen molar-refractivity contribution < 1.29 is 14.4 Å². The third-order valence-electron chi connectivity index (χ3n) is 4.60. The normalized spacial score (nSPS) is 17.3. The molecule has 0 unspecified atom stereocenters. The summed E-state index contributed by atoms with van der Waals surface area (Å²) in [4.78, 5) is 18.6. The molecule has 0 saturated carbocycles. The molecule has 1 saturated heterocycles. The Kier molecular flexibility index (Phi) is 4.41. The summed E-state index contributed by atoms with van der Waals surface area (Å²) < 4.78 is 5.17. The predicted molar refractivity (Wildman–Crippen MR) is 88.6 cm³/mol. The number of amides is 1. The van der Waals surface area contributed by atoms with Crippen LogP contribution in [0.15, 0.2) is 28.9 Å². The van der Waals surface area contributed by atoms with Crippen LogP contribution in [0.25, 0.3) is 0 Å². The molecule has 3 rings (SSSR count). The number of carbonyl (C=O) groups excluding carboxylic acids is 1. The number of hydrogen-bond donors (Lipinski definition) is 1. The van der Waals surface area contributed by atoms with Crippen LogP contribution in [0.2, 0.25) is 0 Å². The van der Waals surface area contributed by atoms with Gasteiger partial charge in [-0.3, -0.25) is 9.78 Å². The highest BCUT2D eigenvalue weighted by molar-refractivity contribution is 5.91. The molecule has 2 aromatic rings. The number of rotatable bonds is 3. The lowest BCUT2D eigenvalue weighted by atomic mass is 9.87. The third kappa shape index (κ3) is 3.19. The maximum Gasteiger partial charge on any atom is 0.292 e. The van der Waals surface area contributed by atoms with Gasteiger partial charge < -0.3 is 14.5 Å². The molecule has 24 heavy (non-hydrogen) atoms. The molecule has 0 aliphatic carbocycles.